The van der Waals surface area contributed by atoms with E-state index in [-0.39, 0.29) is 28.9 Å². The molecule has 32 heavy (non-hydrogen) atoms. The van der Waals surface area contributed by atoms with Crippen LogP contribution in [-0.2, 0) is 14.3 Å². The molecule has 2 atom stereocenters. The van der Waals surface area contributed by atoms with Crippen LogP contribution in [0.25, 0.3) is 0 Å². The predicted octanol–water partition coefficient (Wildman–Crippen LogP) is 3.55. The fourth-order valence-corrected chi connectivity index (χ4v) is 4.30. The fraction of sp³-hybridized carbons (Fsp3) is 0.440. The first-order valence-corrected chi connectivity index (χ1v) is 12.1. The average molecular weight is 456 g/mol. The van der Waals surface area contributed by atoms with E-state index in [4.69, 9.17) is 4.74 Å². The summed E-state index contributed by atoms with van der Waals surface area (Å²) in [6, 6.07) is 16.3. The van der Waals surface area contributed by atoms with Gasteiger partial charge < -0.3 is 15.4 Å². The van der Waals surface area contributed by atoms with Crippen LogP contribution in [0.3, 0.4) is 0 Å². The molecule has 6 nitrogen and oxygen atoms in total. The van der Waals surface area contributed by atoms with Crippen molar-refractivity contribution in [3.8, 4) is 0 Å². The van der Waals surface area contributed by atoms with Crippen LogP contribution in [0.4, 0.5) is 5.69 Å². The number of aryl methyl sites for hydroxylation is 2. The van der Waals surface area contributed by atoms with E-state index in [0.29, 0.717) is 19.8 Å². The monoisotopic (exact) mass is 455 g/mol. The van der Waals surface area contributed by atoms with E-state index in [0.717, 1.165) is 24.3 Å². The number of amides is 2. The van der Waals surface area contributed by atoms with Gasteiger partial charge in [-0.1, -0.05) is 47.5 Å². The lowest BCUT2D eigenvalue weighted by Crippen LogP contribution is -2.45. The molecular weight excluding hydrogens is 422 g/mol. The van der Waals surface area contributed by atoms with Crippen molar-refractivity contribution in [1.82, 2.24) is 10.2 Å². The van der Waals surface area contributed by atoms with Gasteiger partial charge in [-0.3, -0.25) is 14.5 Å². The Hall–Kier alpha value is -2.35. The summed E-state index contributed by atoms with van der Waals surface area (Å²) in [6.07, 6.45) is 0. The van der Waals surface area contributed by atoms with Gasteiger partial charge in [0.1, 0.15) is 0 Å². The number of rotatable bonds is 9. The highest BCUT2D eigenvalue weighted by Crippen LogP contribution is 2.22. The Labute approximate surface area is 195 Å². The smallest absolute Gasteiger partial charge is 0.234 e. The first-order valence-electron chi connectivity index (χ1n) is 11.1. The van der Waals surface area contributed by atoms with Crippen molar-refractivity contribution in [1.29, 1.82) is 0 Å². The topological polar surface area (TPSA) is 70.7 Å². The lowest BCUT2D eigenvalue weighted by atomic mass is 10.0. The number of carbonyl (C=O) groups excluding carboxylic acids is 2. The molecule has 1 aliphatic heterocycles. The number of hydrogen-bond acceptors (Lipinski definition) is 5. The molecule has 1 fully saturated rings. The zero-order valence-corrected chi connectivity index (χ0v) is 19.9. The molecule has 0 aliphatic carbocycles. The van der Waals surface area contributed by atoms with Gasteiger partial charge in [0.2, 0.25) is 11.8 Å². The van der Waals surface area contributed by atoms with E-state index in [1.807, 2.05) is 38.1 Å². The molecule has 0 spiro atoms. The quantitative estimate of drug-likeness (QED) is 0.605. The third-order valence-corrected chi connectivity index (χ3v) is 6.73. The first kappa shape index (κ1) is 24.3. The summed E-state index contributed by atoms with van der Waals surface area (Å²) in [5, 5.41) is 5.65. The highest BCUT2D eigenvalue weighted by Gasteiger charge is 2.24. The minimum absolute atomic E-state index is 0.0523. The number of nitrogens with one attached hydrogen (secondary N) is 2. The number of morpholine rings is 1. The molecule has 0 radical (unpaired) electrons. The maximum Gasteiger partial charge on any atom is 0.234 e. The molecule has 0 bridgehead atoms. The third kappa shape index (κ3) is 7.36. The Morgan fingerprint density at radius 1 is 1.00 bits per heavy atom. The first-order chi connectivity index (χ1) is 15.4. The number of hydrogen-bond donors (Lipinski definition) is 2. The molecule has 1 heterocycles. The van der Waals surface area contributed by atoms with Gasteiger partial charge in [0.25, 0.3) is 0 Å². The van der Waals surface area contributed by atoms with Crippen molar-refractivity contribution in [2.24, 2.45) is 0 Å². The van der Waals surface area contributed by atoms with Gasteiger partial charge in [0, 0.05) is 25.3 Å². The van der Waals surface area contributed by atoms with Crippen LogP contribution in [0.5, 0.6) is 0 Å². The largest absolute Gasteiger partial charge is 0.379 e. The summed E-state index contributed by atoms with van der Waals surface area (Å²) in [7, 11) is 0. The average Bonchev–Trinajstić information content (AvgIpc) is 2.81. The van der Waals surface area contributed by atoms with E-state index in [9.17, 15) is 9.59 Å². The summed E-state index contributed by atoms with van der Waals surface area (Å²) < 4.78 is 5.50. The van der Waals surface area contributed by atoms with Crippen molar-refractivity contribution < 1.29 is 14.3 Å². The third-order valence-electron chi connectivity index (χ3n) is 5.59. The molecule has 2 N–H and O–H groups in total. The zero-order valence-electron chi connectivity index (χ0n) is 19.1. The summed E-state index contributed by atoms with van der Waals surface area (Å²) in [5.74, 6) is 0.0701. The van der Waals surface area contributed by atoms with Crippen LogP contribution in [-0.4, -0.2) is 60.6 Å². The minimum Gasteiger partial charge on any atom is -0.379 e. The lowest BCUT2D eigenvalue weighted by molar-refractivity contribution is -0.120. The Morgan fingerprint density at radius 3 is 2.22 bits per heavy atom. The van der Waals surface area contributed by atoms with Gasteiger partial charge in [-0.2, -0.15) is 0 Å². The van der Waals surface area contributed by atoms with E-state index in [1.54, 1.807) is 0 Å². The Morgan fingerprint density at radius 2 is 1.59 bits per heavy atom. The molecule has 2 aromatic rings. The van der Waals surface area contributed by atoms with Gasteiger partial charge in [0.15, 0.2) is 0 Å². The van der Waals surface area contributed by atoms with Gasteiger partial charge >= 0.3 is 0 Å². The highest BCUT2D eigenvalue weighted by atomic mass is 32.2. The number of nitrogens with zero attached hydrogens (tertiary/aromatic N) is 1. The van der Waals surface area contributed by atoms with Crippen molar-refractivity contribution >= 4 is 29.3 Å². The van der Waals surface area contributed by atoms with E-state index in [2.05, 4.69) is 46.7 Å². The molecule has 0 aromatic heterocycles. The molecule has 2 unspecified atom stereocenters. The second kappa shape index (κ2) is 12.0. The normalized spacial score (nSPS) is 16.2. The van der Waals surface area contributed by atoms with Crippen molar-refractivity contribution in [2.45, 2.75) is 32.1 Å². The highest BCUT2D eigenvalue weighted by molar-refractivity contribution is 8.01. The second-order valence-corrected chi connectivity index (χ2v) is 9.52. The van der Waals surface area contributed by atoms with E-state index >= 15 is 0 Å². The van der Waals surface area contributed by atoms with Crippen LogP contribution >= 0.6 is 11.8 Å². The van der Waals surface area contributed by atoms with Crippen molar-refractivity contribution in [3.05, 3.63) is 65.2 Å². The minimum atomic E-state index is -0.317. The Balaban J connectivity index is 1.50. The van der Waals surface area contributed by atoms with Crippen LogP contribution < -0.4 is 10.6 Å². The molecule has 2 aromatic carbocycles. The number of benzene rings is 2. The molecule has 7 heteroatoms. The SMILES string of the molecule is Cc1ccc(NC(=O)CSC(C)C(=O)NCC(c2ccc(C)cc2)N2CCOCC2)cc1. The summed E-state index contributed by atoms with van der Waals surface area (Å²) in [5.41, 5.74) is 4.32. The number of ether oxygens (including phenoxy) is 1. The van der Waals surface area contributed by atoms with Crippen molar-refractivity contribution in [3.63, 3.8) is 0 Å². The Bertz CT molecular complexity index is 880. The maximum atomic E-state index is 12.7. The molecular formula is C25H33N3O3S. The second-order valence-electron chi connectivity index (χ2n) is 8.19. The standard InChI is InChI=1S/C25H33N3O3S/c1-18-4-8-21(9-5-18)23(28-12-14-31-15-13-28)16-26-25(30)20(3)32-17-24(29)27-22-10-6-19(2)7-11-22/h4-11,20,23H,12-17H2,1-3H3,(H,26,30)(H,27,29). The molecule has 0 saturated carbocycles. The number of anilines is 1. The zero-order chi connectivity index (χ0) is 22.9. The molecule has 2 amide bonds. The van der Waals surface area contributed by atoms with E-state index < -0.39 is 0 Å². The lowest BCUT2D eigenvalue weighted by Gasteiger charge is -2.35. The van der Waals surface area contributed by atoms with Crippen LogP contribution in [0.15, 0.2) is 48.5 Å². The summed E-state index contributed by atoms with van der Waals surface area (Å²) in [6.45, 7) is 9.55. The molecule has 3 rings (SSSR count). The predicted molar refractivity (Wildman–Crippen MR) is 131 cm³/mol. The summed E-state index contributed by atoms with van der Waals surface area (Å²) >= 11 is 1.34. The van der Waals surface area contributed by atoms with Gasteiger partial charge in [0.05, 0.1) is 30.3 Å². The van der Waals surface area contributed by atoms with Gasteiger partial charge in [-0.05, 0) is 38.5 Å². The number of carbonyl (C=O) groups is 2. The van der Waals surface area contributed by atoms with Gasteiger partial charge in [-0.15, -0.1) is 11.8 Å². The van der Waals surface area contributed by atoms with Crippen LogP contribution in [0.2, 0.25) is 0 Å². The molecule has 1 saturated heterocycles. The number of thioether (sulfide) groups is 1. The summed E-state index contributed by atoms with van der Waals surface area (Å²) in [4.78, 5) is 27.3. The van der Waals surface area contributed by atoms with Crippen LogP contribution in [0, 0.1) is 13.8 Å². The molecule has 1 aliphatic rings. The maximum absolute atomic E-state index is 12.7. The van der Waals surface area contributed by atoms with Crippen molar-refractivity contribution in [2.75, 3.05) is 43.9 Å². The van der Waals surface area contributed by atoms with Crippen LogP contribution in [0.1, 0.15) is 29.7 Å². The van der Waals surface area contributed by atoms with Gasteiger partial charge in [-0.25, -0.2) is 0 Å². The molecule has 172 valence electrons. The fourth-order valence-electron chi connectivity index (χ4n) is 3.59. The Kier molecular flexibility index (Phi) is 9.14. The van der Waals surface area contributed by atoms with E-state index in [1.165, 1.54) is 22.9 Å².